The highest BCUT2D eigenvalue weighted by molar-refractivity contribution is 7.18. The molecule has 0 N–H and O–H groups in total. The molecule has 0 aliphatic carbocycles. The number of rotatable bonds is 6. The second-order valence-electron chi connectivity index (χ2n) is 5.62. The third kappa shape index (κ3) is 3.91. The van der Waals surface area contributed by atoms with E-state index in [2.05, 4.69) is 20.8 Å². The second kappa shape index (κ2) is 7.58. The molecule has 27 heavy (non-hydrogen) atoms. The first-order valence-electron chi connectivity index (χ1n) is 8.04. The molecule has 2 aromatic heterocycles. The predicted octanol–water partition coefficient (Wildman–Crippen LogP) is 5.62. The molecular weight excluding hydrogens is 390 g/mol. The third-order valence-electron chi connectivity index (χ3n) is 3.87. The molecule has 0 aliphatic rings. The molecule has 0 fully saturated rings. The van der Waals surface area contributed by atoms with E-state index in [9.17, 15) is 8.78 Å². The number of benzene rings is 2. The number of para-hydroxylation sites is 1. The molecule has 0 amide bonds. The van der Waals surface area contributed by atoms with E-state index in [1.54, 1.807) is 34.8 Å². The summed E-state index contributed by atoms with van der Waals surface area (Å²) in [5, 5.41) is 3.89. The van der Waals surface area contributed by atoms with Crippen molar-refractivity contribution >= 4 is 32.9 Å². The van der Waals surface area contributed by atoms with Crippen LogP contribution in [0.25, 0.3) is 21.5 Å². The fraction of sp³-hybridized carbons (Fsp3) is 0.158. The maximum atomic E-state index is 12.5. The SMILES string of the molecule is COc1cc(-c2csc(Cc3nc4ccccc4s3)n2)ccc1OC(F)F. The molecule has 0 saturated carbocycles. The lowest BCUT2D eigenvalue weighted by atomic mass is 10.1. The van der Waals surface area contributed by atoms with E-state index >= 15 is 0 Å². The molecule has 0 unspecified atom stereocenters. The number of nitrogens with zero attached hydrogens (tertiary/aromatic N) is 2. The van der Waals surface area contributed by atoms with Gasteiger partial charge in [0.05, 0.1) is 29.4 Å². The molecule has 0 spiro atoms. The van der Waals surface area contributed by atoms with E-state index in [1.165, 1.54) is 13.2 Å². The van der Waals surface area contributed by atoms with Gasteiger partial charge in [0, 0.05) is 10.9 Å². The number of methoxy groups -OCH3 is 1. The summed E-state index contributed by atoms with van der Waals surface area (Å²) < 4.78 is 35.7. The van der Waals surface area contributed by atoms with Crippen LogP contribution in [0.1, 0.15) is 10.0 Å². The van der Waals surface area contributed by atoms with E-state index in [0.29, 0.717) is 6.42 Å². The molecule has 138 valence electrons. The zero-order chi connectivity index (χ0) is 18.8. The van der Waals surface area contributed by atoms with Crippen LogP contribution in [0.15, 0.2) is 47.8 Å². The summed E-state index contributed by atoms with van der Waals surface area (Å²) in [6.07, 6.45) is 0.660. The number of fused-ring (bicyclic) bond motifs is 1. The third-order valence-corrected chi connectivity index (χ3v) is 5.75. The van der Waals surface area contributed by atoms with Crippen molar-refractivity contribution in [3.63, 3.8) is 0 Å². The van der Waals surface area contributed by atoms with Crippen LogP contribution in [-0.4, -0.2) is 23.7 Å². The molecule has 2 heterocycles. The highest BCUT2D eigenvalue weighted by atomic mass is 32.1. The molecule has 4 rings (SSSR count). The van der Waals surface area contributed by atoms with Crippen LogP contribution in [0.5, 0.6) is 11.5 Å². The number of ether oxygens (including phenoxy) is 2. The van der Waals surface area contributed by atoms with E-state index in [0.717, 1.165) is 31.5 Å². The highest BCUT2D eigenvalue weighted by Gasteiger charge is 2.14. The lowest BCUT2D eigenvalue weighted by Crippen LogP contribution is -2.03. The van der Waals surface area contributed by atoms with Gasteiger partial charge in [-0.3, -0.25) is 0 Å². The van der Waals surface area contributed by atoms with Gasteiger partial charge in [0.25, 0.3) is 0 Å². The minimum absolute atomic E-state index is 0.00109. The van der Waals surface area contributed by atoms with Crippen molar-refractivity contribution in [3.8, 4) is 22.8 Å². The average molecular weight is 404 g/mol. The molecule has 2 aromatic carbocycles. The monoisotopic (exact) mass is 404 g/mol. The Bertz CT molecular complexity index is 1050. The predicted molar refractivity (Wildman–Crippen MR) is 103 cm³/mol. The molecule has 0 aliphatic heterocycles. The topological polar surface area (TPSA) is 44.2 Å². The molecule has 4 aromatic rings. The average Bonchev–Trinajstić information content (AvgIpc) is 3.28. The number of hydrogen-bond acceptors (Lipinski definition) is 6. The van der Waals surface area contributed by atoms with Gasteiger partial charge < -0.3 is 9.47 Å². The van der Waals surface area contributed by atoms with Crippen LogP contribution in [0.4, 0.5) is 8.78 Å². The molecule has 4 nitrogen and oxygen atoms in total. The summed E-state index contributed by atoms with van der Waals surface area (Å²) >= 11 is 3.20. The van der Waals surface area contributed by atoms with Gasteiger partial charge in [-0.1, -0.05) is 12.1 Å². The Morgan fingerprint density at radius 2 is 1.89 bits per heavy atom. The van der Waals surface area contributed by atoms with Gasteiger partial charge in [-0.25, -0.2) is 9.97 Å². The molecule has 0 radical (unpaired) electrons. The molecule has 0 bridgehead atoms. The first-order valence-corrected chi connectivity index (χ1v) is 9.74. The minimum atomic E-state index is -2.90. The lowest BCUT2D eigenvalue weighted by Gasteiger charge is -2.10. The van der Waals surface area contributed by atoms with Crippen LogP contribution in [0.2, 0.25) is 0 Å². The fourth-order valence-corrected chi connectivity index (χ4v) is 4.54. The number of hydrogen-bond donors (Lipinski definition) is 0. The number of alkyl halides is 2. The first-order chi connectivity index (χ1) is 13.1. The normalized spacial score (nSPS) is 11.3. The molecule has 0 saturated heterocycles. The van der Waals surface area contributed by atoms with Gasteiger partial charge in [-0.05, 0) is 30.3 Å². The van der Waals surface area contributed by atoms with Crippen LogP contribution in [0.3, 0.4) is 0 Å². The summed E-state index contributed by atoms with van der Waals surface area (Å²) in [6, 6.07) is 12.8. The zero-order valence-electron chi connectivity index (χ0n) is 14.2. The van der Waals surface area contributed by atoms with Gasteiger partial charge in [0.2, 0.25) is 0 Å². The van der Waals surface area contributed by atoms with Crippen LogP contribution >= 0.6 is 22.7 Å². The Morgan fingerprint density at radius 3 is 2.67 bits per heavy atom. The van der Waals surface area contributed by atoms with E-state index in [4.69, 9.17) is 4.74 Å². The smallest absolute Gasteiger partial charge is 0.387 e. The van der Waals surface area contributed by atoms with E-state index in [-0.39, 0.29) is 11.5 Å². The Hall–Kier alpha value is -2.58. The molecule has 8 heteroatoms. The summed E-state index contributed by atoms with van der Waals surface area (Å²) in [5.74, 6) is 0.245. The standard InChI is InChI=1S/C19H14F2N2O2S2/c1-24-15-8-11(6-7-14(15)25-19(20)21)13-10-26-17(23-13)9-18-22-12-4-2-3-5-16(12)27-18/h2-8,10,19H,9H2,1H3. The minimum Gasteiger partial charge on any atom is -0.493 e. The van der Waals surface area contributed by atoms with Crippen molar-refractivity contribution < 1.29 is 18.3 Å². The summed E-state index contributed by atoms with van der Waals surface area (Å²) in [5.41, 5.74) is 2.53. The Balaban J connectivity index is 1.56. The number of aromatic nitrogens is 2. The first kappa shape index (κ1) is 17.8. The number of halogens is 2. The van der Waals surface area contributed by atoms with Crippen molar-refractivity contribution in [1.82, 2.24) is 9.97 Å². The van der Waals surface area contributed by atoms with Crippen molar-refractivity contribution in [1.29, 1.82) is 0 Å². The largest absolute Gasteiger partial charge is 0.493 e. The Labute approximate surface area is 162 Å². The van der Waals surface area contributed by atoms with Crippen molar-refractivity contribution in [3.05, 3.63) is 57.9 Å². The Kier molecular flexibility index (Phi) is 5.00. The van der Waals surface area contributed by atoms with Crippen molar-refractivity contribution in [2.75, 3.05) is 7.11 Å². The van der Waals surface area contributed by atoms with E-state index in [1.807, 2.05) is 23.6 Å². The lowest BCUT2D eigenvalue weighted by molar-refractivity contribution is -0.0512. The van der Waals surface area contributed by atoms with Crippen LogP contribution < -0.4 is 9.47 Å². The quantitative estimate of drug-likeness (QED) is 0.418. The number of thiazole rings is 2. The maximum absolute atomic E-state index is 12.5. The van der Waals surface area contributed by atoms with Gasteiger partial charge >= 0.3 is 6.61 Å². The van der Waals surface area contributed by atoms with Gasteiger partial charge in [0.15, 0.2) is 11.5 Å². The highest BCUT2D eigenvalue weighted by Crippen LogP contribution is 2.34. The fourth-order valence-electron chi connectivity index (χ4n) is 2.67. The summed E-state index contributed by atoms with van der Waals surface area (Å²) in [6.45, 7) is -2.90. The van der Waals surface area contributed by atoms with E-state index < -0.39 is 6.61 Å². The van der Waals surface area contributed by atoms with Crippen molar-refractivity contribution in [2.24, 2.45) is 0 Å². The van der Waals surface area contributed by atoms with Gasteiger partial charge in [0.1, 0.15) is 10.0 Å². The summed E-state index contributed by atoms with van der Waals surface area (Å²) in [7, 11) is 1.41. The van der Waals surface area contributed by atoms with Gasteiger partial charge in [-0.2, -0.15) is 8.78 Å². The Morgan fingerprint density at radius 1 is 1.04 bits per heavy atom. The van der Waals surface area contributed by atoms with Crippen LogP contribution in [-0.2, 0) is 6.42 Å². The summed E-state index contributed by atoms with van der Waals surface area (Å²) in [4.78, 5) is 9.29. The maximum Gasteiger partial charge on any atom is 0.387 e. The second-order valence-corrected chi connectivity index (χ2v) is 7.68. The van der Waals surface area contributed by atoms with Crippen LogP contribution in [0, 0.1) is 0 Å². The molecule has 0 atom stereocenters. The van der Waals surface area contributed by atoms with Crippen molar-refractivity contribution in [2.45, 2.75) is 13.0 Å². The van der Waals surface area contributed by atoms with Gasteiger partial charge in [-0.15, -0.1) is 22.7 Å². The molecular formula is C19H14F2N2O2S2. The zero-order valence-corrected chi connectivity index (χ0v) is 15.8.